The fourth-order valence-electron chi connectivity index (χ4n) is 3.33. The quantitative estimate of drug-likeness (QED) is 0.272. The summed E-state index contributed by atoms with van der Waals surface area (Å²) in [6, 6.07) is 8.38. The molecule has 1 aliphatic heterocycles. The van der Waals surface area contributed by atoms with Crippen LogP contribution in [0.25, 0.3) is 0 Å². The summed E-state index contributed by atoms with van der Waals surface area (Å²) < 4.78 is 10.5. The van der Waals surface area contributed by atoms with Gasteiger partial charge in [0.2, 0.25) is 0 Å². The van der Waals surface area contributed by atoms with Crippen molar-refractivity contribution >= 4 is 23.7 Å². The second kappa shape index (κ2) is 9.65. The zero-order valence-corrected chi connectivity index (χ0v) is 18.6. The zero-order valence-electron chi connectivity index (χ0n) is 18.6. The lowest BCUT2D eigenvalue weighted by molar-refractivity contribution is 0.102. The van der Waals surface area contributed by atoms with E-state index in [-0.39, 0.29) is 17.7 Å². The third kappa shape index (κ3) is 4.80. The Balaban J connectivity index is 1.81. The maximum absolute atomic E-state index is 13.0. The maximum atomic E-state index is 13.0. The number of hydrogen-bond acceptors (Lipinski definition) is 7. The van der Waals surface area contributed by atoms with Crippen LogP contribution in [0.4, 0.5) is 10.6 Å². The second-order valence-corrected chi connectivity index (χ2v) is 7.59. The van der Waals surface area contributed by atoms with Gasteiger partial charge in [0.15, 0.2) is 5.84 Å². The Kier molecular flexibility index (Phi) is 6.94. The Morgan fingerprint density at radius 2 is 1.97 bits per heavy atom. The van der Waals surface area contributed by atoms with Gasteiger partial charge in [-0.2, -0.15) is 0 Å². The van der Waals surface area contributed by atoms with Gasteiger partial charge in [-0.3, -0.25) is 20.1 Å². The number of rotatable bonds is 6. The number of anilines is 1. The predicted molar refractivity (Wildman–Crippen MR) is 119 cm³/mol. The highest BCUT2D eigenvalue weighted by Crippen LogP contribution is 2.31. The molecule has 1 aromatic carbocycles. The summed E-state index contributed by atoms with van der Waals surface area (Å²) in [5.41, 5.74) is 2.41. The topological polar surface area (TPSA) is 134 Å². The normalized spacial score (nSPS) is 12.4. The van der Waals surface area contributed by atoms with Gasteiger partial charge < -0.3 is 14.8 Å². The monoisotopic (exact) mass is 440 g/mol. The van der Waals surface area contributed by atoms with E-state index in [1.54, 1.807) is 42.2 Å². The van der Waals surface area contributed by atoms with Crippen molar-refractivity contribution in [1.29, 1.82) is 5.41 Å². The largest absolute Gasteiger partial charge is 0.496 e. The summed E-state index contributed by atoms with van der Waals surface area (Å²) in [5.74, 6) is 6.21. The number of benzene rings is 1. The predicted octanol–water partition coefficient (Wildman–Crippen LogP) is 2.72. The number of fused-ring (bicyclic) bond motifs is 1. The van der Waals surface area contributed by atoms with E-state index in [4.69, 9.17) is 20.7 Å². The number of carbonyl (C=O) groups excluding carboxylic acids is 2. The Morgan fingerprint density at radius 3 is 2.59 bits per heavy atom. The van der Waals surface area contributed by atoms with E-state index in [2.05, 4.69) is 10.3 Å². The Bertz CT molecular complexity index is 1040. The highest BCUT2D eigenvalue weighted by Gasteiger charge is 2.27. The summed E-state index contributed by atoms with van der Waals surface area (Å²) >= 11 is 0. The van der Waals surface area contributed by atoms with E-state index in [1.807, 2.05) is 13.8 Å². The molecule has 10 nitrogen and oxygen atoms in total. The van der Waals surface area contributed by atoms with Crippen LogP contribution in [0.5, 0.6) is 5.75 Å². The Labute approximate surface area is 186 Å². The average Bonchev–Trinajstić information content (AvgIpc) is 3.20. The lowest BCUT2D eigenvalue weighted by Crippen LogP contribution is -2.43. The van der Waals surface area contributed by atoms with Crippen LogP contribution in [0, 0.1) is 5.41 Å². The molecule has 0 atom stereocenters. The fourth-order valence-corrected chi connectivity index (χ4v) is 3.33. The molecular formula is C22H28N6O4. The molecular weight excluding hydrogens is 412 g/mol. The highest BCUT2D eigenvalue weighted by atomic mass is 16.6. The van der Waals surface area contributed by atoms with Crippen LogP contribution < -0.4 is 15.9 Å². The van der Waals surface area contributed by atoms with Crippen molar-refractivity contribution in [1.82, 2.24) is 14.9 Å². The van der Waals surface area contributed by atoms with E-state index in [9.17, 15) is 9.59 Å². The summed E-state index contributed by atoms with van der Waals surface area (Å²) in [4.78, 5) is 31.0. The molecule has 3 rings (SSSR count). The number of amides is 2. The van der Waals surface area contributed by atoms with E-state index in [0.717, 1.165) is 11.1 Å². The van der Waals surface area contributed by atoms with E-state index in [0.29, 0.717) is 36.7 Å². The van der Waals surface area contributed by atoms with E-state index < -0.39 is 12.0 Å². The second-order valence-electron chi connectivity index (χ2n) is 7.59. The van der Waals surface area contributed by atoms with Crippen LogP contribution in [0.1, 0.15) is 48.0 Å². The fraction of sp³-hybridized carbons (Fsp3) is 0.364. The van der Waals surface area contributed by atoms with Crippen molar-refractivity contribution in [3.63, 3.8) is 0 Å². The lowest BCUT2D eigenvalue weighted by Gasteiger charge is -2.23. The van der Waals surface area contributed by atoms with Gasteiger partial charge in [0.1, 0.15) is 17.3 Å². The van der Waals surface area contributed by atoms with Crippen LogP contribution in [-0.4, -0.2) is 52.5 Å². The van der Waals surface area contributed by atoms with Crippen molar-refractivity contribution in [3.8, 4) is 5.75 Å². The third-order valence-corrected chi connectivity index (χ3v) is 5.06. The zero-order chi connectivity index (χ0) is 23.4. The first kappa shape index (κ1) is 23.0. The number of nitrogens with zero attached hydrogens (tertiary/aromatic N) is 3. The Hall–Kier alpha value is -3.66. The van der Waals surface area contributed by atoms with E-state index in [1.165, 1.54) is 12.1 Å². The van der Waals surface area contributed by atoms with E-state index >= 15 is 0 Å². The molecule has 0 unspecified atom stereocenters. The smallest absolute Gasteiger partial charge is 0.410 e. The molecule has 2 heterocycles. The van der Waals surface area contributed by atoms with Crippen molar-refractivity contribution in [2.45, 2.75) is 39.9 Å². The van der Waals surface area contributed by atoms with Crippen LogP contribution in [0.15, 0.2) is 30.3 Å². The number of nitrogens with two attached hydrogens (primary N) is 1. The molecule has 0 spiro atoms. The summed E-state index contributed by atoms with van der Waals surface area (Å²) in [6.07, 6.45) is -0.396. The molecule has 4 N–H and O–H groups in total. The standard InChI is InChI=1S/C22H28N6O4/c1-5-32-22(30)27-11-14-9-16(18(31-4)10-15(14)12-27)21(29)26-19-8-6-7-17(25-19)20(23)28(24)13(2)3/h6-10,13,23H,5,11-12,24H2,1-4H3,(H,25,26,29). The molecule has 2 amide bonds. The molecule has 1 aliphatic rings. The number of hydrogen-bond donors (Lipinski definition) is 3. The number of nitrogens with one attached hydrogen (secondary N) is 2. The number of methoxy groups -OCH3 is 1. The SMILES string of the molecule is CCOC(=O)N1Cc2cc(OC)c(C(=O)Nc3cccc(C(=N)N(N)C(C)C)n3)cc2C1. The molecule has 1 aromatic heterocycles. The van der Waals surface area contributed by atoms with Gasteiger partial charge in [-0.1, -0.05) is 6.07 Å². The van der Waals surface area contributed by atoms with Gasteiger partial charge in [-0.05, 0) is 56.2 Å². The number of amidine groups is 1. The van der Waals surface area contributed by atoms with Crippen LogP contribution in [0.2, 0.25) is 0 Å². The van der Waals surface area contributed by atoms with Crippen LogP contribution in [0.3, 0.4) is 0 Å². The van der Waals surface area contributed by atoms with Gasteiger partial charge in [-0.15, -0.1) is 0 Å². The molecule has 2 aromatic rings. The molecule has 0 saturated heterocycles. The summed E-state index contributed by atoms with van der Waals surface area (Å²) in [7, 11) is 1.48. The van der Waals surface area contributed by atoms with Crippen molar-refractivity contribution < 1.29 is 19.1 Å². The van der Waals surface area contributed by atoms with Crippen LogP contribution in [-0.2, 0) is 17.8 Å². The third-order valence-electron chi connectivity index (χ3n) is 5.06. The number of ether oxygens (including phenoxy) is 2. The van der Waals surface area contributed by atoms with Crippen molar-refractivity contribution in [3.05, 3.63) is 52.7 Å². The minimum Gasteiger partial charge on any atom is -0.496 e. The van der Waals surface area contributed by atoms with Crippen LogP contribution >= 0.6 is 0 Å². The van der Waals surface area contributed by atoms with Crippen molar-refractivity contribution in [2.75, 3.05) is 19.0 Å². The van der Waals surface area contributed by atoms with Gasteiger partial charge >= 0.3 is 6.09 Å². The number of aromatic nitrogens is 1. The van der Waals surface area contributed by atoms with Gasteiger partial charge in [0.25, 0.3) is 5.91 Å². The minimum absolute atomic E-state index is 0.0465. The number of carbonyl (C=O) groups is 2. The van der Waals surface area contributed by atoms with Crippen molar-refractivity contribution in [2.24, 2.45) is 5.84 Å². The first-order valence-electron chi connectivity index (χ1n) is 10.3. The number of hydrazine groups is 1. The maximum Gasteiger partial charge on any atom is 0.410 e. The molecule has 0 saturated carbocycles. The molecule has 0 radical (unpaired) electrons. The highest BCUT2D eigenvalue weighted by molar-refractivity contribution is 6.06. The van der Waals surface area contributed by atoms with Gasteiger partial charge in [-0.25, -0.2) is 15.6 Å². The molecule has 10 heteroatoms. The minimum atomic E-state index is -0.413. The number of pyridine rings is 1. The summed E-state index contributed by atoms with van der Waals surface area (Å²) in [6.45, 7) is 6.53. The first-order chi connectivity index (χ1) is 15.2. The molecule has 0 bridgehead atoms. The Morgan fingerprint density at radius 1 is 1.28 bits per heavy atom. The molecule has 32 heavy (non-hydrogen) atoms. The molecule has 170 valence electrons. The summed E-state index contributed by atoms with van der Waals surface area (Å²) in [5, 5.41) is 12.3. The lowest BCUT2D eigenvalue weighted by atomic mass is 10.0. The average molecular weight is 441 g/mol. The molecule has 0 fully saturated rings. The first-order valence-corrected chi connectivity index (χ1v) is 10.3. The molecule has 0 aliphatic carbocycles. The van der Waals surface area contributed by atoms with Gasteiger partial charge in [0, 0.05) is 19.1 Å². The van der Waals surface area contributed by atoms with Gasteiger partial charge in [0.05, 0.1) is 19.3 Å².